The monoisotopic (exact) mass is 458 g/mol. The number of hydrogen-bond acceptors (Lipinski definition) is 6. The van der Waals surface area contributed by atoms with Crippen LogP contribution in [0.5, 0.6) is 0 Å². The molecular weight excluding hydrogens is 431 g/mol. The van der Waals surface area contributed by atoms with E-state index in [9.17, 15) is 9.18 Å². The number of benzene rings is 2. The van der Waals surface area contributed by atoms with E-state index < -0.39 is 5.82 Å². The number of rotatable bonds is 8. The van der Waals surface area contributed by atoms with Crippen LogP contribution in [0.3, 0.4) is 0 Å². The maximum absolute atomic E-state index is 14.3. The number of aromatic nitrogens is 3. The summed E-state index contributed by atoms with van der Waals surface area (Å²) >= 11 is 0. The third-order valence-corrected chi connectivity index (χ3v) is 5.57. The predicted molar refractivity (Wildman–Crippen MR) is 134 cm³/mol. The summed E-state index contributed by atoms with van der Waals surface area (Å²) in [6, 6.07) is 17.9. The molecule has 7 nitrogen and oxygen atoms in total. The quantitative estimate of drug-likeness (QED) is 0.365. The topological polar surface area (TPSA) is 99.9 Å². The smallest absolute Gasteiger partial charge is 0.256 e. The van der Waals surface area contributed by atoms with Crippen molar-refractivity contribution in [2.75, 3.05) is 17.3 Å². The van der Waals surface area contributed by atoms with Crippen molar-refractivity contribution >= 4 is 17.5 Å². The first-order valence-corrected chi connectivity index (χ1v) is 11.0. The fourth-order valence-electron chi connectivity index (χ4n) is 3.79. The number of aromatic amines is 1. The highest BCUT2D eigenvalue weighted by molar-refractivity contribution is 5.70. The lowest BCUT2D eigenvalue weighted by Crippen LogP contribution is -2.21. The molecule has 0 aliphatic rings. The molecule has 1 atom stereocenters. The summed E-state index contributed by atoms with van der Waals surface area (Å²) in [5.41, 5.74) is 8.83. The fraction of sp³-hybridized carbons (Fsp3) is 0.192. The van der Waals surface area contributed by atoms with Crippen LogP contribution in [0.2, 0.25) is 0 Å². The largest absolute Gasteiger partial charge is 0.351 e. The van der Waals surface area contributed by atoms with Crippen LogP contribution in [0.25, 0.3) is 11.1 Å². The van der Waals surface area contributed by atoms with Crippen LogP contribution in [0.15, 0.2) is 77.9 Å². The molecule has 0 amide bonds. The number of hydrogen-bond donors (Lipinski definition) is 3. The van der Waals surface area contributed by atoms with Crippen LogP contribution >= 0.6 is 0 Å². The minimum atomic E-state index is -0.452. The highest BCUT2D eigenvalue weighted by atomic mass is 19.1. The lowest BCUT2D eigenvalue weighted by Gasteiger charge is -2.20. The van der Waals surface area contributed by atoms with E-state index in [1.54, 1.807) is 42.7 Å². The highest BCUT2D eigenvalue weighted by Gasteiger charge is 2.14. The molecule has 34 heavy (non-hydrogen) atoms. The molecule has 0 aliphatic heterocycles. The van der Waals surface area contributed by atoms with Gasteiger partial charge in [-0.1, -0.05) is 42.5 Å². The molecule has 4 rings (SSSR count). The molecular formula is C26H27FN6O. The second kappa shape index (κ2) is 10.3. The molecule has 2 heterocycles. The van der Waals surface area contributed by atoms with E-state index in [1.165, 1.54) is 11.6 Å². The first-order valence-electron chi connectivity index (χ1n) is 11.0. The van der Waals surface area contributed by atoms with Crippen molar-refractivity contribution < 1.29 is 4.39 Å². The van der Waals surface area contributed by atoms with Crippen LogP contribution < -0.4 is 21.5 Å². The fourth-order valence-corrected chi connectivity index (χ4v) is 3.79. The van der Waals surface area contributed by atoms with Crippen molar-refractivity contribution in [2.45, 2.75) is 25.9 Å². The second-order valence-corrected chi connectivity index (χ2v) is 8.15. The van der Waals surface area contributed by atoms with Crippen LogP contribution in [0.1, 0.15) is 18.1 Å². The maximum atomic E-state index is 14.3. The van der Waals surface area contributed by atoms with Crippen molar-refractivity contribution in [1.29, 1.82) is 0 Å². The first-order chi connectivity index (χ1) is 16.4. The minimum absolute atomic E-state index is 0.0920. The van der Waals surface area contributed by atoms with Gasteiger partial charge in [-0.2, -0.15) is 4.98 Å². The zero-order chi connectivity index (χ0) is 24.1. The average molecular weight is 459 g/mol. The Balaban J connectivity index is 1.53. The minimum Gasteiger partial charge on any atom is -0.351 e. The lowest BCUT2D eigenvalue weighted by atomic mass is 10.0. The first kappa shape index (κ1) is 23.1. The van der Waals surface area contributed by atoms with Crippen LogP contribution in [-0.4, -0.2) is 28.0 Å². The molecule has 0 saturated carbocycles. The normalized spacial score (nSPS) is 11.8. The van der Waals surface area contributed by atoms with Gasteiger partial charge in [-0.25, -0.2) is 9.37 Å². The van der Waals surface area contributed by atoms with Gasteiger partial charge in [0.05, 0.1) is 11.3 Å². The molecule has 0 radical (unpaired) electrons. The SMILES string of the molecule is C[C@@H](Cc1cccc(CN)c1)Nc1nccc(N(C)c2c[nH]c(=O)c(-c3ccccc3F)c2)n1. The molecule has 0 aliphatic carbocycles. The molecule has 0 spiro atoms. The third-order valence-electron chi connectivity index (χ3n) is 5.57. The van der Waals surface area contributed by atoms with Gasteiger partial charge < -0.3 is 20.9 Å². The number of H-pyrrole nitrogens is 1. The highest BCUT2D eigenvalue weighted by Crippen LogP contribution is 2.26. The summed E-state index contributed by atoms with van der Waals surface area (Å²) in [6.45, 7) is 2.58. The van der Waals surface area contributed by atoms with Gasteiger partial charge in [0.15, 0.2) is 0 Å². The second-order valence-electron chi connectivity index (χ2n) is 8.15. The Morgan fingerprint density at radius 1 is 1.09 bits per heavy atom. The molecule has 8 heteroatoms. The van der Waals surface area contributed by atoms with E-state index in [2.05, 4.69) is 39.3 Å². The van der Waals surface area contributed by atoms with Gasteiger partial charge >= 0.3 is 0 Å². The van der Waals surface area contributed by atoms with Gasteiger partial charge in [-0.05, 0) is 42.7 Å². The number of nitrogens with zero attached hydrogens (tertiary/aromatic N) is 3. The van der Waals surface area contributed by atoms with Crippen molar-refractivity contribution in [1.82, 2.24) is 15.0 Å². The molecule has 4 aromatic rings. The van der Waals surface area contributed by atoms with Gasteiger partial charge in [0, 0.05) is 37.6 Å². The number of anilines is 3. The molecule has 2 aromatic carbocycles. The predicted octanol–water partition coefficient (Wildman–Crippen LogP) is 4.24. The maximum Gasteiger partial charge on any atom is 0.256 e. The Kier molecular flexibility index (Phi) is 6.98. The van der Waals surface area contributed by atoms with Gasteiger partial charge in [0.25, 0.3) is 5.56 Å². The summed E-state index contributed by atoms with van der Waals surface area (Å²) in [6.07, 6.45) is 4.05. The van der Waals surface area contributed by atoms with E-state index >= 15 is 0 Å². The Morgan fingerprint density at radius 2 is 1.88 bits per heavy atom. The summed E-state index contributed by atoms with van der Waals surface area (Å²) in [5, 5.41) is 3.34. The van der Waals surface area contributed by atoms with Crippen LogP contribution in [0, 0.1) is 5.82 Å². The van der Waals surface area contributed by atoms with Crippen molar-refractivity contribution in [3.63, 3.8) is 0 Å². The zero-order valence-electron chi connectivity index (χ0n) is 19.1. The summed E-state index contributed by atoms with van der Waals surface area (Å²) in [7, 11) is 1.83. The number of halogens is 1. The number of nitrogens with two attached hydrogens (primary N) is 1. The molecule has 0 saturated heterocycles. The van der Waals surface area contributed by atoms with E-state index in [1.807, 2.05) is 24.1 Å². The molecule has 2 aromatic heterocycles. The molecule has 0 bridgehead atoms. The standard InChI is InChI=1S/C26H27FN6O/c1-17(12-18-6-5-7-19(13-18)15-28)31-26-29-11-10-24(32-26)33(2)20-14-22(25(34)30-16-20)21-8-3-4-9-23(21)27/h3-11,13-14,16-17H,12,15,28H2,1-2H3,(H,30,34)(H,29,31,32)/t17-/m0/s1. The molecule has 4 N–H and O–H groups in total. The molecule has 0 unspecified atom stereocenters. The van der Waals surface area contributed by atoms with E-state index in [-0.39, 0.29) is 22.7 Å². The van der Waals surface area contributed by atoms with Gasteiger partial charge in [0.1, 0.15) is 11.6 Å². The van der Waals surface area contributed by atoms with Crippen molar-refractivity contribution in [3.05, 3.63) is 100 Å². The Morgan fingerprint density at radius 3 is 2.68 bits per heavy atom. The van der Waals surface area contributed by atoms with Crippen LogP contribution in [0.4, 0.5) is 21.8 Å². The summed E-state index contributed by atoms with van der Waals surface area (Å²) in [5.74, 6) is 0.666. The van der Waals surface area contributed by atoms with Crippen LogP contribution in [-0.2, 0) is 13.0 Å². The van der Waals surface area contributed by atoms with E-state index in [4.69, 9.17) is 5.73 Å². The van der Waals surface area contributed by atoms with Gasteiger partial charge in [-0.3, -0.25) is 4.79 Å². The summed E-state index contributed by atoms with van der Waals surface area (Å²) in [4.78, 5) is 25.8. The average Bonchev–Trinajstić information content (AvgIpc) is 2.84. The van der Waals surface area contributed by atoms with Gasteiger partial charge in [-0.15, -0.1) is 0 Å². The Bertz CT molecular complexity index is 1340. The lowest BCUT2D eigenvalue weighted by molar-refractivity contribution is 0.631. The Hall–Kier alpha value is -4.04. The molecule has 174 valence electrons. The van der Waals surface area contributed by atoms with Crippen molar-refractivity contribution in [3.8, 4) is 11.1 Å². The van der Waals surface area contributed by atoms with E-state index in [0.717, 1.165) is 12.0 Å². The van der Waals surface area contributed by atoms with E-state index in [0.29, 0.717) is 24.0 Å². The number of nitrogens with one attached hydrogen (secondary N) is 2. The van der Waals surface area contributed by atoms with Gasteiger partial charge in [0.2, 0.25) is 5.95 Å². The Labute approximate surface area is 197 Å². The molecule has 0 fully saturated rings. The van der Waals surface area contributed by atoms with Crippen molar-refractivity contribution in [2.24, 2.45) is 5.73 Å². The number of pyridine rings is 1. The third kappa shape index (κ3) is 5.29. The summed E-state index contributed by atoms with van der Waals surface area (Å²) < 4.78 is 14.3. The zero-order valence-corrected chi connectivity index (χ0v) is 19.1.